The van der Waals surface area contributed by atoms with Gasteiger partial charge in [0.05, 0.1) is 7.11 Å². The van der Waals surface area contributed by atoms with Gasteiger partial charge in [-0.25, -0.2) is 4.79 Å². The predicted octanol–water partition coefficient (Wildman–Crippen LogP) is 3.55. The summed E-state index contributed by atoms with van der Waals surface area (Å²) in [5, 5.41) is 12.4. The molecule has 2 N–H and O–H groups in total. The van der Waals surface area contributed by atoms with E-state index in [0.717, 1.165) is 17.0 Å². The van der Waals surface area contributed by atoms with Crippen molar-refractivity contribution in [3.63, 3.8) is 0 Å². The Bertz CT molecular complexity index is 648. The molecule has 0 bridgehead atoms. The minimum absolute atomic E-state index is 0.521. The van der Waals surface area contributed by atoms with E-state index in [1.165, 1.54) is 13.8 Å². The van der Waals surface area contributed by atoms with Gasteiger partial charge in [0.1, 0.15) is 11.5 Å². The Hall–Kier alpha value is -2.69. The van der Waals surface area contributed by atoms with Crippen molar-refractivity contribution in [3.05, 3.63) is 54.1 Å². The van der Waals surface area contributed by atoms with Gasteiger partial charge >= 0.3 is 5.97 Å². The van der Waals surface area contributed by atoms with Crippen molar-refractivity contribution >= 4 is 11.7 Å². The van der Waals surface area contributed by atoms with E-state index in [9.17, 15) is 4.79 Å². The van der Waals surface area contributed by atoms with Crippen molar-refractivity contribution in [1.29, 1.82) is 0 Å². The SMILES string of the molecule is COc1ccc(CNc2ccc(OC(C)(C)C(=O)O)cc2)cc1. The van der Waals surface area contributed by atoms with Crippen molar-refractivity contribution in [2.45, 2.75) is 26.0 Å². The second-order valence-corrected chi connectivity index (χ2v) is 5.64. The Kier molecular flexibility index (Phi) is 5.11. The van der Waals surface area contributed by atoms with E-state index in [0.29, 0.717) is 12.3 Å². The molecule has 5 nitrogen and oxygen atoms in total. The Morgan fingerprint density at radius 1 is 1.04 bits per heavy atom. The summed E-state index contributed by atoms with van der Waals surface area (Å²) >= 11 is 0. The number of methoxy groups -OCH3 is 1. The van der Waals surface area contributed by atoms with Crippen molar-refractivity contribution in [1.82, 2.24) is 0 Å². The molecule has 0 saturated carbocycles. The molecule has 122 valence electrons. The van der Waals surface area contributed by atoms with Gasteiger partial charge in [0, 0.05) is 12.2 Å². The summed E-state index contributed by atoms with van der Waals surface area (Å²) in [7, 11) is 1.64. The highest BCUT2D eigenvalue weighted by atomic mass is 16.5. The van der Waals surface area contributed by atoms with Gasteiger partial charge in [0.25, 0.3) is 0 Å². The third-order valence-corrected chi connectivity index (χ3v) is 3.40. The van der Waals surface area contributed by atoms with Crippen LogP contribution in [0, 0.1) is 0 Å². The van der Waals surface area contributed by atoms with Crippen LogP contribution in [0.15, 0.2) is 48.5 Å². The lowest BCUT2D eigenvalue weighted by atomic mass is 10.1. The van der Waals surface area contributed by atoms with Crippen molar-refractivity contribution in [2.75, 3.05) is 12.4 Å². The summed E-state index contributed by atoms with van der Waals surface area (Å²) in [4.78, 5) is 11.1. The normalized spacial score (nSPS) is 10.9. The maximum atomic E-state index is 11.1. The first-order valence-electron chi connectivity index (χ1n) is 7.30. The number of rotatable bonds is 7. The van der Waals surface area contributed by atoms with Crippen molar-refractivity contribution in [2.24, 2.45) is 0 Å². The van der Waals surface area contributed by atoms with E-state index in [-0.39, 0.29) is 0 Å². The van der Waals surface area contributed by atoms with Crippen LogP contribution in [0.1, 0.15) is 19.4 Å². The number of carbonyl (C=O) groups is 1. The van der Waals surface area contributed by atoms with Gasteiger partial charge in [-0.2, -0.15) is 0 Å². The predicted molar refractivity (Wildman–Crippen MR) is 89.1 cm³/mol. The minimum atomic E-state index is -1.25. The number of nitrogens with one attached hydrogen (secondary N) is 1. The molecule has 0 aliphatic carbocycles. The van der Waals surface area contributed by atoms with Gasteiger partial charge in [-0.15, -0.1) is 0 Å². The first kappa shape index (κ1) is 16.7. The molecule has 0 saturated heterocycles. The van der Waals surface area contributed by atoms with E-state index >= 15 is 0 Å². The third kappa shape index (κ3) is 4.64. The average Bonchev–Trinajstić information content (AvgIpc) is 2.54. The van der Waals surface area contributed by atoms with Gasteiger partial charge in [0.15, 0.2) is 5.60 Å². The minimum Gasteiger partial charge on any atom is -0.497 e. The van der Waals surface area contributed by atoms with Gasteiger partial charge in [-0.3, -0.25) is 0 Å². The molecule has 0 fully saturated rings. The number of carboxylic acid groups (broad SMARTS) is 1. The number of carboxylic acids is 1. The van der Waals surface area contributed by atoms with Crippen LogP contribution in [-0.4, -0.2) is 23.8 Å². The first-order chi connectivity index (χ1) is 10.9. The molecule has 0 spiro atoms. The summed E-state index contributed by atoms with van der Waals surface area (Å²) in [6.45, 7) is 3.72. The lowest BCUT2D eigenvalue weighted by Gasteiger charge is -2.21. The van der Waals surface area contributed by atoms with Crippen LogP contribution in [0.25, 0.3) is 0 Å². The fourth-order valence-corrected chi connectivity index (χ4v) is 1.93. The number of benzene rings is 2. The number of hydrogen-bond acceptors (Lipinski definition) is 4. The zero-order chi connectivity index (χ0) is 16.9. The molecule has 0 aromatic heterocycles. The maximum Gasteiger partial charge on any atom is 0.347 e. The molecular weight excluding hydrogens is 294 g/mol. The van der Waals surface area contributed by atoms with Gasteiger partial charge in [-0.05, 0) is 55.8 Å². The van der Waals surface area contributed by atoms with E-state index in [1.54, 1.807) is 19.2 Å². The Morgan fingerprint density at radius 3 is 2.13 bits per heavy atom. The molecule has 0 atom stereocenters. The third-order valence-electron chi connectivity index (χ3n) is 3.40. The van der Waals surface area contributed by atoms with Gasteiger partial charge in [-0.1, -0.05) is 12.1 Å². The van der Waals surface area contributed by atoms with Crippen LogP contribution in [-0.2, 0) is 11.3 Å². The molecule has 2 rings (SSSR count). The quantitative estimate of drug-likeness (QED) is 0.818. The molecule has 2 aromatic rings. The van der Waals surface area contributed by atoms with E-state index in [1.807, 2.05) is 36.4 Å². The largest absolute Gasteiger partial charge is 0.497 e. The zero-order valence-corrected chi connectivity index (χ0v) is 13.5. The number of aliphatic carboxylic acids is 1. The summed E-state index contributed by atoms with van der Waals surface area (Å²) in [6.07, 6.45) is 0. The summed E-state index contributed by atoms with van der Waals surface area (Å²) < 4.78 is 10.6. The smallest absolute Gasteiger partial charge is 0.347 e. The topological polar surface area (TPSA) is 67.8 Å². The molecule has 0 radical (unpaired) electrons. The fraction of sp³-hybridized carbons (Fsp3) is 0.278. The van der Waals surface area contributed by atoms with Crippen LogP contribution < -0.4 is 14.8 Å². The number of ether oxygens (including phenoxy) is 2. The summed E-state index contributed by atoms with van der Waals surface area (Å²) in [6, 6.07) is 15.1. The van der Waals surface area contributed by atoms with E-state index in [4.69, 9.17) is 14.6 Å². The van der Waals surface area contributed by atoms with Crippen LogP contribution in [0.2, 0.25) is 0 Å². The summed E-state index contributed by atoms with van der Waals surface area (Å²) in [5.41, 5.74) is 0.817. The van der Waals surface area contributed by atoms with Gasteiger partial charge in [0.2, 0.25) is 0 Å². The zero-order valence-electron chi connectivity index (χ0n) is 13.5. The number of hydrogen-bond donors (Lipinski definition) is 2. The van der Waals surface area contributed by atoms with E-state index < -0.39 is 11.6 Å². The standard InChI is InChI=1S/C18H21NO4/c1-18(2,17(20)21)23-16-10-6-14(7-11-16)19-12-13-4-8-15(22-3)9-5-13/h4-11,19H,12H2,1-3H3,(H,20,21). The second kappa shape index (κ2) is 7.05. The fourth-order valence-electron chi connectivity index (χ4n) is 1.93. The molecule has 5 heteroatoms. The molecule has 0 heterocycles. The van der Waals surface area contributed by atoms with Crippen molar-refractivity contribution < 1.29 is 19.4 Å². The highest BCUT2D eigenvalue weighted by Crippen LogP contribution is 2.21. The van der Waals surface area contributed by atoms with Crippen LogP contribution in [0.3, 0.4) is 0 Å². The maximum absolute atomic E-state index is 11.1. The molecule has 0 unspecified atom stereocenters. The first-order valence-corrected chi connectivity index (χ1v) is 7.30. The lowest BCUT2D eigenvalue weighted by Crippen LogP contribution is -2.37. The van der Waals surface area contributed by atoms with Crippen LogP contribution in [0.4, 0.5) is 5.69 Å². The highest BCUT2D eigenvalue weighted by Gasteiger charge is 2.29. The van der Waals surface area contributed by atoms with E-state index in [2.05, 4.69) is 5.32 Å². The molecule has 0 amide bonds. The molecular formula is C18H21NO4. The van der Waals surface area contributed by atoms with Crippen LogP contribution >= 0.6 is 0 Å². The molecule has 0 aliphatic rings. The Morgan fingerprint density at radius 2 is 1.61 bits per heavy atom. The number of anilines is 1. The molecule has 23 heavy (non-hydrogen) atoms. The van der Waals surface area contributed by atoms with Gasteiger partial charge < -0.3 is 19.9 Å². The van der Waals surface area contributed by atoms with Crippen molar-refractivity contribution in [3.8, 4) is 11.5 Å². The average molecular weight is 315 g/mol. The molecule has 0 aliphatic heterocycles. The Balaban J connectivity index is 1.93. The second-order valence-electron chi connectivity index (χ2n) is 5.64. The molecule has 2 aromatic carbocycles. The Labute approximate surface area is 135 Å². The lowest BCUT2D eigenvalue weighted by molar-refractivity contribution is -0.152. The van der Waals surface area contributed by atoms with Crippen LogP contribution in [0.5, 0.6) is 11.5 Å². The summed E-state index contributed by atoms with van der Waals surface area (Å²) in [5.74, 6) is 0.350. The monoisotopic (exact) mass is 315 g/mol. The highest BCUT2D eigenvalue weighted by molar-refractivity contribution is 5.76.